The molecule has 1 aromatic carbocycles. The van der Waals surface area contributed by atoms with Gasteiger partial charge in [-0.05, 0) is 35.4 Å². The van der Waals surface area contributed by atoms with E-state index in [-0.39, 0.29) is 0 Å². The monoisotopic (exact) mass is 219 g/mol. The number of rotatable bonds is 0. The van der Waals surface area contributed by atoms with Crippen molar-refractivity contribution >= 4 is 38.1 Å². The molecule has 0 amide bonds. The Morgan fingerprint density at radius 3 is 3.08 bits per heavy atom. The van der Waals surface area contributed by atoms with Gasteiger partial charge in [0.05, 0.1) is 5.69 Å². The lowest BCUT2D eigenvalue weighted by Gasteiger charge is -1.99. The third kappa shape index (κ3) is 1.40. The summed E-state index contributed by atoms with van der Waals surface area (Å²) in [5.41, 5.74) is 1.91. The van der Waals surface area contributed by atoms with Crippen LogP contribution in [-0.4, -0.2) is 4.55 Å². The van der Waals surface area contributed by atoms with Gasteiger partial charge in [-0.15, -0.1) is 0 Å². The molecule has 0 radical (unpaired) electrons. The highest BCUT2D eigenvalue weighted by Crippen LogP contribution is 2.43. The average Bonchev–Trinajstić information content (AvgIpc) is 2.29. The molecule has 5 heteroatoms. The zero-order valence-electron chi connectivity index (χ0n) is 6.24. The second kappa shape index (κ2) is 3.03. The van der Waals surface area contributed by atoms with E-state index in [0.717, 1.165) is 16.1 Å². The zero-order chi connectivity index (χ0) is 8.72. The summed E-state index contributed by atoms with van der Waals surface area (Å²) in [5, 5.41) is 0.702. The summed E-state index contributed by atoms with van der Waals surface area (Å²) in [4.78, 5) is 0.978. The van der Waals surface area contributed by atoms with Crippen molar-refractivity contribution in [1.82, 2.24) is 0 Å². The predicted molar refractivity (Wildman–Crippen MR) is 54.1 cm³/mol. The van der Waals surface area contributed by atoms with Crippen LogP contribution in [0.4, 0.5) is 5.69 Å². The van der Waals surface area contributed by atoms with Crippen LogP contribution in [0.5, 0.6) is 0 Å². The van der Waals surface area contributed by atoms with Crippen molar-refractivity contribution in [1.29, 1.82) is 0 Å². The van der Waals surface area contributed by atoms with Gasteiger partial charge in [0.1, 0.15) is 10.0 Å². The highest BCUT2D eigenvalue weighted by molar-refractivity contribution is 8.68. The van der Waals surface area contributed by atoms with Crippen molar-refractivity contribution in [3.8, 4) is 0 Å². The maximum absolute atomic E-state index is 9.25. The van der Waals surface area contributed by atoms with E-state index in [1.54, 1.807) is 0 Å². The minimum atomic E-state index is -0.905. The van der Waals surface area contributed by atoms with Crippen molar-refractivity contribution in [2.45, 2.75) is 11.8 Å². The molecule has 1 N–H and O–H groups in total. The van der Waals surface area contributed by atoms with Crippen LogP contribution in [0.15, 0.2) is 21.4 Å². The van der Waals surface area contributed by atoms with Gasteiger partial charge in [-0.25, -0.2) is 0 Å². The van der Waals surface area contributed by atoms with Gasteiger partial charge in [0, 0.05) is 9.92 Å². The minimum Gasteiger partial charge on any atom is -0.313 e. The van der Waals surface area contributed by atoms with Gasteiger partial charge in [-0.2, -0.15) is 4.36 Å². The quantitative estimate of drug-likeness (QED) is 0.677. The Bertz CT molecular complexity index is 378. The van der Waals surface area contributed by atoms with E-state index in [1.807, 2.05) is 19.1 Å². The molecular formula is C7H6ClNOS2. The van der Waals surface area contributed by atoms with Gasteiger partial charge in [-0.1, -0.05) is 11.6 Å². The Morgan fingerprint density at radius 1 is 1.58 bits per heavy atom. The average molecular weight is 220 g/mol. The summed E-state index contributed by atoms with van der Waals surface area (Å²) in [6, 6.07) is 3.69. The summed E-state index contributed by atoms with van der Waals surface area (Å²) in [5.74, 6) is 0. The van der Waals surface area contributed by atoms with E-state index in [0.29, 0.717) is 5.02 Å². The highest BCUT2D eigenvalue weighted by atomic mass is 35.5. The fraction of sp³-hybridized carbons (Fsp3) is 0.143. The number of aryl methyl sites for hydroxylation is 1. The molecule has 1 heterocycles. The van der Waals surface area contributed by atoms with Crippen LogP contribution in [0.2, 0.25) is 5.02 Å². The molecule has 12 heavy (non-hydrogen) atoms. The van der Waals surface area contributed by atoms with Crippen molar-refractivity contribution in [3.63, 3.8) is 0 Å². The van der Waals surface area contributed by atoms with Crippen molar-refractivity contribution in [2.75, 3.05) is 0 Å². The van der Waals surface area contributed by atoms with E-state index in [2.05, 4.69) is 4.36 Å². The van der Waals surface area contributed by atoms with Crippen LogP contribution in [0.25, 0.3) is 0 Å². The zero-order valence-corrected chi connectivity index (χ0v) is 8.63. The standard InChI is InChI=1S/C7H6ClNOS2/c1-4-2-5(8)3-6-7(4)9-12(10)11-6/h2-3H,1H3,(H,9,10). The lowest BCUT2D eigenvalue weighted by atomic mass is 10.2. The second-order valence-corrected chi connectivity index (χ2v) is 5.56. The molecule has 1 aliphatic heterocycles. The van der Waals surface area contributed by atoms with Gasteiger partial charge >= 0.3 is 0 Å². The summed E-state index contributed by atoms with van der Waals surface area (Å²) in [6.07, 6.45) is 0. The molecule has 2 rings (SSSR count). The molecular weight excluding hydrogens is 214 g/mol. The van der Waals surface area contributed by atoms with E-state index < -0.39 is 10.0 Å². The van der Waals surface area contributed by atoms with E-state index in [1.165, 1.54) is 10.8 Å². The van der Waals surface area contributed by atoms with Crippen LogP contribution < -0.4 is 0 Å². The number of halogens is 1. The fourth-order valence-corrected chi connectivity index (χ4v) is 3.71. The predicted octanol–water partition coefficient (Wildman–Crippen LogP) is 3.58. The first kappa shape index (κ1) is 8.56. The molecule has 1 aromatic rings. The number of benzene rings is 1. The molecule has 1 aliphatic rings. The first-order valence-corrected chi connectivity index (χ1v) is 6.15. The molecule has 0 aromatic heterocycles. The highest BCUT2D eigenvalue weighted by Gasteiger charge is 2.15. The van der Waals surface area contributed by atoms with Gasteiger partial charge in [0.25, 0.3) is 0 Å². The Hall–Kier alpha value is -0.0300. The van der Waals surface area contributed by atoms with E-state index in [4.69, 9.17) is 11.6 Å². The Labute approximate surface area is 81.6 Å². The molecule has 0 aliphatic carbocycles. The van der Waals surface area contributed by atoms with Gasteiger partial charge in [0.2, 0.25) is 0 Å². The van der Waals surface area contributed by atoms with E-state index >= 15 is 0 Å². The Morgan fingerprint density at radius 2 is 2.33 bits per heavy atom. The summed E-state index contributed by atoms with van der Waals surface area (Å²) in [7, 11) is 0.447. The maximum atomic E-state index is 9.25. The largest absolute Gasteiger partial charge is 0.313 e. The topological polar surface area (TPSA) is 32.6 Å². The molecule has 0 saturated carbocycles. The fourth-order valence-electron chi connectivity index (χ4n) is 1.06. The van der Waals surface area contributed by atoms with Crippen LogP contribution in [0.1, 0.15) is 5.56 Å². The van der Waals surface area contributed by atoms with Crippen LogP contribution in [-0.2, 0) is 10.0 Å². The number of hydrogen-bond acceptors (Lipinski definition) is 2. The third-order valence-corrected chi connectivity index (χ3v) is 3.97. The van der Waals surface area contributed by atoms with Crippen molar-refractivity contribution < 1.29 is 4.55 Å². The first-order valence-electron chi connectivity index (χ1n) is 3.30. The van der Waals surface area contributed by atoms with Crippen molar-refractivity contribution in [2.24, 2.45) is 4.36 Å². The van der Waals surface area contributed by atoms with Gasteiger partial charge in [-0.3, -0.25) is 0 Å². The minimum absolute atomic E-state index is 0.702. The normalized spacial score (nSPS) is 20.4. The number of nitrogens with zero attached hydrogens (tertiary/aromatic N) is 1. The van der Waals surface area contributed by atoms with Crippen LogP contribution in [0.3, 0.4) is 0 Å². The Balaban J connectivity index is 2.62. The van der Waals surface area contributed by atoms with Gasteiger partial charge in [0.15, 0.2) is 0 Å². The van der Waals surface area contributed by atoms with Crippen molar-refractivity contribution in [3.05, 3.63) is 22.7 Å². The molecule has 2 nitrogen and oxygen atoms in total. The summed E-state index contributed by atoms with van der Waals surface area (Å²) < 4.78 is 13.3. The first-order chi connectivity index (χ1) is 5.66. The summed E-state index contributed by atoms with van der Waals surface area (Å²) >= 11 is 5.84. The second-order valence-electron chi connectivity index (χ2n) is 2.47. The smallest absolute Gasteiger partial charge is 0.100 e. The Kier molecular flexibility index (Phi) is 2.16. The van der Waals surface area contributed by atoms with Crippen LogP contribution in [0, 0.1) is 6.92 Å². The maximum Gasteiger partial charge on any atom is 0.100 e. The van der Waals surface area contributed by atoms with Crippen LogP contribution >= 0.6 is 22.4 Å². The number of fused-ring (bicyclic) bond motifs is 1. The van der Waals surface area contributed by atoms with E-state index in [9.17, 15) is 4.55 Å². The number of hydrogen-bond donors (Lipinski definition) is 1. The summed E-state index contributed by atoms with van der Waals surface area (Å²) in [6.45, 7) is 1.94. The SMILES string of the molecule is Cc1cc(Cl)cc2c1N=S(O)S2. The molecule has 0 fully saturated rings. The molecule has 0 saturated heterocycles. The molecule has 1 unspecified atom stereocenters. The third-order valence-electron chi connectivity index (χ3n) is 1.56. The van der Waals surface area contributed by atoms with Gasteiger partial charge < -0.3 is 4.55 Å². The lowest BCUT2D eigenvalue weighted by molar-refractivity contribution is 0.663. The molecule has 64 valence electrons. The molecule has 0 spiro atoms. The molecule has 0 bridgehead atoms. The molecule has 1 atom stereocenters. The lowest BCUT2D eigenvalue weighted by Crippen LogP contribution is -1.74.